The molecule has 0 spiro atoms. The number of hydrogen-bond donors (Lipinski definition) is 0. The van der Waals surface area contributed by atoms with Gasteiger partial charge in [-0.15, -0.1) is 0 Å². The van der Waals surface area contributed by atoms with Crippen molar-refractivity contribution < 1.29 is 18.3 Å². The molecule has 1 amide bonds. The average molecular weight is 371 g/mol. The lowest BCUT2D eigenvalue weighted by Gasteiger charge is -2.28. The third-order valence-electron chi connectivity index (χ3n) is 4.62. The molecule has 0 aliphatic carbocycles. The Balaban J connectivity index is 1.69. The first kappa shape index (κ1) is 17.1. The molecule has 6 nitrogen and oxygen atoms in total. The molecule has 0 unspecified atom stereocenters. The van der Waals surface area contributed by atoms with Crippen LogP contribution in [0.25, 0.3) is 5.65 Å². The van der Waals surface area contributed by atoms with Crippen molar-refractivity contribution in [2.45, 2.75) is 13.0 Å². The van der Waals surface area contributed by atoms with Crippen LogP contribution in [0, 0.1) is 11.6 Å². The summed E-state index contributed by atoms with van der Waals surface area (Å²) >= 11 is 0. The fourth-order valence-corrected chi connectivity index (χ4v) is 3.23. The molecule has 8 heteroatoms. The largest absolute Gasteiger partial charge is 0.494 e. The van der Waals surface area contributed by atoms with Gasteiger partial charge in [-0.3, -0.25) is 14.0 Å². The highest BCUT2D eigenvalue weighted by Gasteiger charge is 2.26. The standard InChI is InChI=1S/C19H15F2N3O3/c1-27-16-4-2-11(8-14(16)21)18(25)23-7-6-15-13(10-23)19(26)24-9-12(20)3-5-17(24)22-15/h2-5,8-9H,6-7,10H2,1H3. The molecule has 27 heavy (non-hydrogen) atoms. The molecule has 0 bridgehead atoms. The number of amides is 1. The van der Waals surface area contributed by atoms with Crippen LogP contribution in [-0.2, 0) is 13.0 Å². The van der Waals surface area contributed by atoms with Gasteiger partial charge in [-0.25, -0.2) is 13.8 Å². The van der Waals surface area contributed by atoms with Gasteiger partial charge in [0.25, 0.3) is 11.5 Å². The van der Waals surface area contributed by atoms with Crippen molar-refractivity contribution in [1.82, 2.24) is 14.3 Å². The first-order chi connectivity index (χ1) is 13.0. The summed E-state index contributed by atoms with van der Waals surface area (Å²) < 4.78 is 33.4. The van der Waals surface area contributed by atoms with Crippen LogP contribution >= 0.6 is 0 Å². The van der Waals surface area contributed by atoms with Crippen molar-refractivity contribution in [2.75, 3.05) is 13.7 Å². The third-order valence-corrected chi connectivity index (χ3v) is 4.62. The Kier molecular flexibility index (Phi) is 4.10. The molecule has 0 saturated carbocycles. The van der Waals surface area contributed by atoms with Gasteiger partial charge in [-0.1, -0.05) is 0 Å². The predicted octanol–water partition coefficient (Wildman–Crippen LogP) is 2.18. The van der Waals surface area contributed by atoms with E-state index in [0.29, 0.717) is 29.9 Å². The Labute approximate surface area is 152 Å². The smallest absolute Gasteiger partial charge is 0.263 e. The van der Waals surface area contributed by atoms with Gasteiger partial charge in [-0.2, -0.15) is 0 Å². The van der Waals surface area contributed by atoms with E-state index in [1.807, 2.05) is 0 Å². The molecule has 1 aliphatic rings. The van der Waals surface area contributed by atoms with Crippen LogP contribution in [0.2, 0.25) is 0 Å². The van der Waals surface area contributed by atoms with E-state index in [4.69, 9.17) is 4.74 Å². The van der Waals surface area contributed by atoms with Gasteiger partial charge < -0.3 is 9.64 Å². The molecule has 0 saturated heterocycles. The maximum absolute atomic E-state index is 13.9. The van der Waals surface area contributed by atoms with E-state index in [1.54, 1.807) is 0 Å². The Hall–Kier alpha value is -3.29. The number of benzene rings is 1. The number of ether oxygens (including phenoxy) is 1. The zero-order valence-electron chi connectivity index (χ0n) is 14.4. The molecule has 0 N–H and O–H groups in total. The summed E-state index contributed by atoms with van der Waals surface area (Å²) in [6, 6.07) is 6.64. The van der Waals surface area contributed by atoms with Crippen molar-refractivity contribution in [1.29, 1.82) is 0 Å². The number of nitrogens with zero attached hydrogens (tertiary/aromatic N) is 3. The molecule has 1 aromatic carbocycles. The van der Waals surface area contributed by atoms with E-state index in [0.717, 1.165) is 16.7 Å². The summed E-state index contributed by atoms with van der Waals surface area (Å²) in [6.07, 6.45) is 1.47. The summed E-state index contributed by atoms with van der Waals surface area (Å²) in [5, 5.41) is 0. The SMILES string of the molecule is COc1ccc(C(=O)N2CCc3nc4ccc(F)cn4c(=O)c3C2)cc1F. The predicted molar refractivity (Wildman–Crippen MR) is 92.8 cm³/mol. The van der Waals surface area contributed by atoms with Gasteiger partial charge in [0, 0.05) is 24.7 Å². The van der Waals surface area contributed by atoms with Gasteiger partial charge in [0.2, 0.25) is 0 Å². The van der Waals surface area contributed by atoms with Crippen LogP contribution in [0.5, 0.6) is 5.75 Å². The minimum Gasteiger partial charge on any atom is -0.494 e. The highest BCUT2D eigenvalue weighted by Crippen LogP contribution is 2.21. The van der Waals surface area contributed by atoms with Crippen LogP contribution in [-0.4, -0.2) is 33.8 Å². The molecule has 4 rings (SSSR count). The summed E-state index contributed by atoms with van der Waals surface area (Å²) in [4.78, 5) is 31.3. The zero-order valence-corrected chi connectivity index (χ0v) is 14.4. The quantitative estimate of drug-likeness (QED) is 0.693. The Morgan fingerprint density at radius 1 is 1.22 bits per heavy atom. The molecule has 0 fully saturated rings. The van der Waals surface area contributed by atoms with Gasteiger partial charge >= 0.3 is 0 Å². The van der Waals surface area contributed by atoms with E-state index in [2.05, 4.69) is 4.98 Å². The Morgan fingerprint density at radius 3 is 2.78 bits per heavy atom. The van der Waals surface area contributed by atoms with E-state index in [9.17, 15) is 18.4 Å². The highest BCUT2D eigenvalue weighted by molar-refractivity contribution is 5.94. The van der Waals surface area contributed by atoms with E-state index < -0.39 is 23.1 Å². The number of pyridine rings is 1. The monoisotopic (exact) mass is 371 g/mol. The summed E-state index contributed by atoms with van der Waals surface area (Å²) in [5.74, 6) is -1.54. The summed E-state index contributed by atoms with van der Waals surface area (Å²) in [7, 11) is 1.34. The second-order valence-electron chi connectivity index (χ2n) is 6.24. The number of halogens is 2. The summed E-state index contributed by atoms with van der Waals surface area (Å²) in [6.45, 7) is 0.385. The molecular weight excluding hydrogens is 356 g/mol. The van der Waals surface area contributed by atoms with Crippen molar-refractivity contribution in [3.63, 3.8) is 0 Å². The topological polar surface area (TPSA) is 63.9 Å². The van der Waals surface area contributed by atoms with Crippen LogP contribution in [0.4, 0.5) is 8.78 Å². The van der Waals surface area contributed by atoms with Gasteiger partial charge in [-0.05, 0) is 30.3 Å². The number of rotatable bonds is 2. The van der Waals surface area contributed by atoms with Gasteiger partial charge in [0.1, 0.15) is 11.5 Å². The number of carbonyl (C=O) groups excluding carboxylic acids is 1. The number of methoxy groups -OCH3 is 1. The number of fused-ring (bicyclic) bond motifs is 2. The average Bonchev–Trinajstić information content (AvgIpc) is 2.68. The Bertz CT molecular complexity index is 1130. The normalized spacial score (nSPS) is 13.5. The fourth-order valence-electron chi connectivity index (χ4n) is 3.23. The molecule has 3 heterocycles. The van der Waals surface area contributed by atoms with Crippen molar-refractivity contribution in [3.05, 3.63) is 75.3 Å². The molecule has 0 radical (unpaired) electrons. The summed E-state index contributed by atoms with van der Waals surface area (Å²) in [5.41, 5.74) is 1.05. The Morgan fingerprint density at radius 2 is 2.04 bits per heavy atom. The minimum absolute atomic E-state index is 0.0348. The van der Waals surface area contributed by atoms with E-state index in [-0.39, 0.29) is 17.9 Å². The van der Waals surface area contributed by atoms with E-state index in [1.165, 1.54) is 36.3 Å². The van der Waals surface area contributed by atoms with Crippen LogP contribution < -0.4 is 10.3 Å². The number of hydrogen-bond acceptors (Lipinski definition) is 4. The fraction of sp³-hybridized carbons (Fsp3) is 0.211. The van der Waals surface area contributed by atoms with Gasteiger partial charge in [0.15, 0.2) is 11.6 Å². The second kappa shape index (κ2) is 6.46. The van der Waals surface area contributed by atoms with Crippen LogP contribution in [0.1, 0.15) is 21.6 Å². The molecular formula is C19H15F2N3O3. The van der Waals surface area contributed by atoms with E-state index >= 15 is 0 Å². The lowest BCUT2D eigenvalue weighted by molar-refractivity contribution is 0.0732. The number of aromatic nitrogens is 2. The highest BCUT2D eigenvalue weighted by atomic mass is 19.1. The van der Waals surface area contributed by atoms with Crippen molar-refractivity contribution >= 4 is 11.6 Å². The van der Waals surface area contributed by atoms with Crippen LogP contribution in [0.15, 0.2) is 41.3 Å². The second-order valence-corrected chi connectivity index (χ2v) is 6.24. The first-order valence-corrected chi connectivity index (χ1v) is 8.30. The molecule has 3 aromatic rings. The zero-order chi connectivity index (χ0) is 19.1. The van der Waals surface area contributed by atoms with Crippen LogP contribution in [0.3, 0.4) is 0 Å². The third kappa shape index (κ3) is 2.92. The lowest BCUT2D eigenvalue weighted by Crippen LogP contribution is -2.40. The molecule has 0 atom stereocenters. The molecule has 2 aromatic heterocycles. The van der Waals surface area contributed by atoms with Crippen molar-refractivity contribution in [2.24, 2.45) is 0 Å². The molecule has 1 aliphatic heterocycles. The molecule has 138 valence electrons. The lowest BCUT2D eigenvalue weighted by atomic mass is 10.1. The number of carbonyl (C=O) groups is 1. The van der Waals surface area contributed by atoms with Gasteiger partial charge in [0.05, 0.1) is 24.9 Å². The first-order valence-electron chi connectivity index (χ1n) is 8.30. The van der Waals surface area contributed by atoms with Crippen molar-refractivity contribution in [3.8, 4) is 5.75 Å². The minimum atomic E-state index is -0.635. The maximum Gasteiger partial charge on any atom is 0.263 e. The maximum atomic E-state index is 13.9.